The second kappa shape index (κ2) is 14.7. The van der Waals surface area contributed by atoms with Gasteiger partial charge in [-0.1, -0.05) is 144 Å². The monoisotopic (exact) mass is 966 g/mol. The van der Waals surface area contributed by atoms with Gasteiger partial charge < -0.3 is 19.1 Å². The largest absolute Gasteiger partial charge is 0.456 e. The lowest BCUT2D eigenvalue weighted by Crippen LogP contribution is -2.65. The Labute approximate surface area is 438 Å². The summed E-state index contributed by atoms with van der Waals surface area (Å²) in [7, 11) is 0. The van der Waals surface area contributed by atoms with Crippen molar-refractivity contribution in [1.29, 1.82) is 0 Å². The molecule has 4 unspecified atom stereocenters. The van der Waals surface area contributed by atoms with Crippen LogP contribution in [0.2, 0.25) is 0 Å². The molecule has 0 spiro atoms. The zero-order valence-electron chi connectivity index (χ0n) is 47.5. The standard InChI is InChI=1S/C68H80BN3O/c1-39-30-40(2)58-61-57(39)66(15)27-19-21-29-68(66,17)72(61)54-36-46(71-51-24-22-44(63(8,9)10)34-49(51)65(14)26-18-20-28-67(65,71)16)35-53-59(54)69(58)50-38-56-48(47-33-43(62(5,6)7)23-25-55(47)73-56)37-52(50)70(53)60-41(3)31-45(32-42(60)4)64(11,12)13/h22-25,30-38H,18-21,26-29H2,1-17H3. The summed E-state index contributed by atoms with van der Waals surface area (Å²) in [5.41, 5.74) is 28.3. The number of aryl methyl sites for hydroxylation is 4. The van der Waals surface area contributed by atoms with Crippen LogP contribution < -0.4 is 31.1 Å². The average molecular weight is 966 g/mol. The smallest absolute Gasteiger partial charge is 0.252 e. The fourth-order valence-corrected chi connectivity index (χ4v) is 16.4. The molecule has 73 heavy (non-hydrogen) atoms. The molecule has 7 aromatic rings. The van der Waals surface area contributed by atoms with E-state index in [4.69, 9.17) is 4.42 Å². The molecule has 13 rings (SSSR count). The highest BCUT2D eigenvalue weighted by atomic mass is 16.3. The van der Waals surface area contributed by atoms with E-state index in [1.807, 2.05) is 0 Å². The zero-order chi connectivity index (χ0) is 51.6. The SMILES string of the molecule is Cc1cc(C)c2c3c1B1c4cc5oc6ccc(C(C)(C)C)cc6c5cc4N(c4c(C)cc(C(C)(C)C)cc4C)c4cc(N5c6ccc(C(C)(C)C)cc6C6(C)CCCCC56C)cc(c41)N3C1(C)CCCCC21C. The van der Waals surface area contributed by atoms with Crippen molar-refractivity contribution in [3.63, 3.8) is 0 Å². The van der Waals surface area contributed by atoms with Gasteiger partial charge in [-0.05, 0) is 187 Å². The molecule has 5 heterocycles. The van der Waals surface area contributed by atoms with Crippen molar-refractivity contribution in [2.24, 2.45) is 0 Å². The normalized spacial score (nSPS) is 25.0. The Morgan fingerprint density at radius 3 is 1.70 bits per heavy atom. The van der Waals surface area contributed by atoms with Crippen molar-refractivity contribution < 1.29 is 4.42 Å². The predicted molar refractivity (Wildman–Crippen MR) is 314 cm³/mol. The van der Waals surface area contributed by atoms with Gasteiger partial charge in [-0.2, -0.15) is 0 Å². The molecule has 6 aromatic carbocycles. The molecule has 0 N–H and O–H groups in total. The molecule has 0 bridgehead atoms. The third-order valence-corrected chi connectivity index (χ3v) is 20.8. The lowest BCUT2D eigenvalue weighted by atomic mass is 9.32. The molecule has 5 heteroatoms. The van der Waals surface area contributed by atoms with Crippen LogP contribution in [-0.4, -0.2) is 17.8 Å². The first-order valence-corrected chi connectivity index (χ1v) is 28.2. The summed E-state index contributed by atoms with van der Waals surface area (Å²) in [6, 6.07) is 32.5. The topological polar surface area (TPSA) is 22.9 Å². The number of furan rings is 1. The highest BCUT2D eigenvalue weighted by Crippen LogP contribution is 2.66. The van der Waals surface area contributed by atoms with E-state index in [0.717, 1.165) is 17.6 Å². The molecule has 4 aliphatic heterocycles. The van der Waals surface area contributed by atoms with Crippen LogP contribution in [0.25, 0.3) is 21.9 Å². The number of benzene rings is 6. The van der Waals surface area contributed by atoms with Crippen molar-refractivity contribution >= 4 is 84.9 Å². The highest BCUT2D eigenvalue weighted by molar-refractivity contribution is 7.00. The Kier molecular flexibility index (Phi) is 9.53. The maximum absolute atomic E-state index is 7.05. The van der Waals surface area contributed by atoms with Gasteiger partial charge in [0.2, 0.25) is 0 Å². The van der Waals surface area contributed by atoms with E-state index in [1.54, 1.807) is 5.56 Å². The van der Waals surface area contributed by atoms with Gasteiger partial charge >= 0.3 is 0 Å². The molecule has 4 nitrogen and oxygen atoms in total. The average Bonchev–Trinajstić information content (AvgIpc) is 3.85. The maximum Gasteiger partial charge on any atom is 0.252 e. The van der Waals surface area contributed by atoms with Crippen LogP contribution in [-0.2, 0) is 27.1 Å². The third kappa shape index (κ3) is 6.03. The summed E-state index contributed by atoms with van der Waals surface area (Å²) in [4.78, 5) is 8.61. The van der Waals surface area contributed by atoms with E-state index in [1.165, 1.54) is 156 Å². The summed E-state index contributed by atoms with van der Waals surface area (Å²) in [6.07, 6.45) is 9.74. The van der Waals surface area contributed by atoms with Crippen molar-refractivity contribution in [3.8, 4) is 0 Å². The Hall–Kier alpha value is -5.42. The number of anilines is 7. The minimum Gasteiger partial charge on any atom is -0.456 e. The van der Waals surface area contributed by atoms with Crippen LogP contribution in [0.5, 0.6) is 0 Å². The summed E-state index contributed by atoms with van der Waals surface area (Å²) >= 11 is 0. The van der Waals surface area contributed by atoms with Gasteiger partial charge in [0.15, 0.2) is 0 Å². The molecular weight excluding hydrogens is 886 g/mol. The van der Waals surface area contributed by atoms with Crippen molar-refractivity contribution in [2.45, 2.75) is 207 Å². The fourth-order valence-electron chi connectivity index (χ4n) is 16.4. The van der Waals surface area contributed by atoms with E-state index in [2.05, 4.69) is 211 Å². The number of hydrogen-bond acceptors (Lipinski definition) is 4. The van der Waals surface area contributed by atoms with Crippen LogP contribution in [0.3, 0.4) is 0 Å². The second-order valence-corrected chi connectivity index (χ2v) is 28.3. The van der Waals surface area contributed by atoms with Gasteiger partial charge in [0.05, 0.1) is 16.8 Å². The van der Waals surface area contributed by atoms with Crippen molar-refractivity contribution in [3.05, 3.63) is 129 Å². The summed E-state index contributed by atoms with van der Waals surface area (Å²) in [5, 5.41) is 2.39. The van der Waals surface area contributed by atoms with Crippen LogP contribution >= 0.6 is 0 Å². The minimum absolute atomic E-state index is 0.00210. The predicted octanol–water partition coefficient (Wildman–Crippen LogP) is 16.8. The quantitative estimate of drug-likeness (QED) is 0.161. The lowest BCUT2D eigenvalue weighted by Gasteiger charge is -2.54. The van der Waals surface area contributed by atoms with Crippen LogP contribution in [0, 0.1) is 27.7 Å². The summed E-state index contributed by atoms with van der Waals surface area (Å²) in [5.74, 6) is 0. The molecule has 376 valence electrons. The number of hydrogen-bond donors (Lipinski definition) is 0. The third-order valence-electron chi connectivity index (χ3n) is 20.8. The minimum atomic E-state index is -0.117. The molecule has 0 saturated heterocycles. The Morgan fingerprint density at radius 2 is 1.04 bits per heavy atom. The molecule has 0 amide bonds. The van der Waals surface area contributed by atoms with Gasteiger partial charge in [0.25, 0.3) is 6.71 Å². The highest BCUT2D eigenvalue weighted by Gasteiger charge is 2.63. The first-order chi connectivity index (χ1) is 34.2. The van der Waals surface area contributed by atoms with Gasteiger partial charge in [-0.3, -0.25) is 0 Å². The van der Waals surface area contributed by atoms with Crippen LogP contribution in [0.15, 0.2) is 83.3 Å². The molecule has 0 radical (unpaired) electrons. The first-order valence-electron chi connectivity index (χ1n) is 28.2. The lowest BCUT2D eigenvalue weighted by molar-refractivity contribution is 0.193. The molecule has 6 aliphatic rings. The fraction of sp³-hybridized carbons (Fsp3) is 0.471. The zero-order valence-corrected chi connectivity index (χ0v) is 47.5. The first kappa shape index (κ1) is 47.3. The van der Waals surface area contributed by atoms with Gasteiger partial charge in [-0.25, -0.2) is 0 Å². The number of nitrogens with zero attached hydrogens (tertiary/aromatic N) is 3. The van der Waals surface area contributed by atoms with Crippen molar-refractivity contribution in [1.82, 2.24) is 0 Å². The molecule has 1 aromatic heterocycles. The van der Waals surface area contributed by atoms with E-state index in [9.17, 15) is 0 Å². The molecule has 4 atom stereocenters. The van der Waals surface area contributed by atoms with Crippen LogP contribution in [0.1, 0.15) is 191 Å². The molecule has 2 fully saturated rings. The second-order valence-electron chi connectivity index (χ2n) is 28.3. The van der Waals surface area contributed by atoms with E-state index in [-0.39, 0.29) is 44.9 Å². The van der Waals surface area contributed by atoms with Gasteiger partial charge in [-0.15, -0.1) is 0 Å². The van der Waals surface area contributed by atoms with Crippen molar-refractivity contribution in [2.75, 3.05) is 14.7 Å². The van der Waals surface area contributed by atoms with Crippen LogP contribution in [0.4, 0.5) is 39.8 Å². The van der Waals surface area contributed by atoms with E-state index >= 15 is 0 Å². The summed E-state index contributed by atoms with van der Waals surface area (Å²) < 4.78 is 7.05. The van der Waals surface area contributed by atoms with Gasteiger partial charge in [0.1, 0.15) is 11.2 Å². The van der Waals surface area contributed by atoms with E-state index in [0.29, 0.717) is 0 Å². The van der Waals surface area contributed by atoms with E-state index < -0.39 is 0 Å². The molecule has 2 saturated carbocycles. The van der Waals surface area contributed by atoms with Gasteiger partial charge in [0, 0.05) is 55.7 Å². The Morgan fingerprint density at radius 1 is 0.466 bits per heavy atom. The maximum atomic E-state index is 7.05. The summed E-state index contributed by atoms with van der Waals surface area (Å²) in [6.45, 7) is 41.4. The molecular formula is C68H80BN3O. The number of rotatable bonds is 2. The molecule has 2 aliphatic carbocycles. The number of fused-ring (bicyclic) bond motifs is 13. The Balaban J connectivity index is 1.20. The Bertz CT molecular complexity index is 3550.